The first-order chi connectivity index (χ1) is 12.5. The molecule has 1 aliphatic rings. The number of ether oxygens (including phenoxy) is 2. The van der Waals surface area contributed by atoms with Crippen molar-refractivity contribution in [1.82, 2.24) is 10.1 Å². The van der Waals surface area contributed by atoms with E-state index in [9.17, 15) is 14.7 Å². The highest BCUT2D eigenvalue weighted by Crippen LogP contribution is 2.29. The molecule has 2 aromatic rings. The van der Waals surface area contributed by atoms with Crippen LogP contribution in [0.15, 0.2) is 28.8 Å². The Morgan fingerprint density at radius 3 is 2.81 bits per heavy atom. The minimum atomic E-state index is -0.487. The van der Waals surface area contributed by atoms with Crippen LogP contribution in [0.3, 0.4) is 0 Å². The number of hydrogen-bond acceptors (Lipinski definition) is 7. The van der Waals surface area contributed by atoms with E-state index >= 15 is 0 Å². The Balaban J connectivity index is 1.65. The number of hydrogen-bond donors (Lipinski definition) is 1. The average Bonchev–Trinajstić information content (AvgIpc) is 3.28. The first-order valence-corrected chi connectivity index (χ1v) is 8.22. The lowest BCUT2D eigenvalue weighted by Gasteiger charge is -2.12. The Hall–Kier alpha value is -2.87. The van der Waals surface area contributed by atoms with Crippen LogP contribution in [0.5, 0.6) is 11.5 Å². The Morgan fingerprint density at radius 2 is 2.15 bits per heavy atom. The van der Waals surface area contributed by atoms with Crippen LogP contribution >= 0.6 is 0 Å². The highest BCUT2D eigenvalue weighted by Gasteiger charge is 2.27. The molecule has 3 rings (SSSR count). The molecule has 8 nitrogen and oxygen atoms in total. The van der Waals surface area contributed by atoms with Crippen molar-refractivity contribution >= 4 is 11.7 Å². The van der Waals surface area contributed by atoms with Gasteiger partial charge in [-0.3, -0.25) is 9.59 Å². The van der Waals surface area contributed by atoms with E-state index in [2.05, 4.69) is 5.16 Å². The van der Waals surface area contributed by atoms with E-state index in [1.165, 1.54) is 25.0 Å². The number of aliphatic hydroxyl groups excluding tert-OH is 1. The van der Waals surface area contributed by atoms with Gasteiger partial charge in [0, 0.05) is 24.7 Å². The summed E-state index contributed by atoms with van der Waals surface area (Å²) in [5.74, 6) is 0.912. The van der Waals surface area contributed by atoms with Crippen LogP contribution in [0.2, 0.25) is 0 Å². The first kappa shape index (κ1) is 17.9. The number of carbonyl (C=O) groups is 2. The molecule has 0 radical (unpaired) electrons. The van der Waals surface area contributed by atoms with Crippen molar-refractivity contribution in [2.45, 2.75) is 26.1 Å². The average molecular weight is 360 g/mol. The van der Waals surface area contributed by atoms with E-state index in [0.29, 0.717) is 42.3 Å². The van der Waals surface area contributed by atoms with Crippen LogP contribution in [0.1, 0.15) is 40.0 Å². The zero-order valence-electron chi connectivity index (χ0n) is 14.6. The molecule has 1 fully saturated rings. The lowest BCUT2D eigenvalue weighted by atomic mass is 10.1. The predicted molar refractivity (Wildman–Crippen MR) is 90.4 cm³/mol. The van der Waals surface area contributed by atoms with Crippen LogP contribution < -0.4 is 9.47 Å². The molecule has 1 aromatic carbocycles. The molecular formula is C18H20N2O6. The van der Waals surface area contributed by atoms with Crippen molar-refractivity contribution in [1.29, 1.82) is 0 Å². The molecule has 0 aliphatic carbocycles. The van der Waals surface area contributed by atoms with Gasteiger partial charge < -0.3 is 24.0 Å². The molecule has 1 aromatic heterocycles. The second kappa shape index (κ2) is 7.57. The molecule has 1 unspecified atom stereocenters. The summed E-state index contributed by atoms with van der Waals surface area (Å²) in [7, 11) is 1.49. The van der Waals surface area contributed by atoms with Gasteiger partial charge in [0.05, 0.1) is 13.2 Å². The molecule has 1 atom stereocenters. The van der Waals surface area contributed by atoms with Crippen molar-refractivity contribution < 1.29 is 28.7 Å². The van der Waals surface area contributed by atoms with E-state index < -0.39 is 6.10 Å². The van der Waals surface area contributed by atoms with Crippen molar-refractivity contribution in [3.63, 3.8) is 0 Å². The van der Waals surface area contributed by atoms with Crippen LogP contribution in [0, 0.1) is 0 Å². The van der Waals surface area contributed by atoms with Gasteiger partial charge in [0.2, 0.25) is 0 Å². The number of rotatable bonds is 6. The summed E-state index contributed by atoms with van der Waals surface area (Å²) in [5, 5.41) is 13.3. The third-order valence-electron chi connectivity index (χ3n) is 4.17. The number of β-amino-alcohol motifs (C(OH)–C–C–N with tert-alkyl or cyclic N) is 1. The second-order valence-corrected chi connectivity index (χ2v) is 6.08. The molecular weight excluding hydrogens is 340 g/mol. The summed E-state index contributed by atoms with van der Waals surface area (Å²) in [6.45, 7) is 2.33. The Bertz CT molecular complexity index is 816. The highest BCUT2D eigenvalue weighted by atomic mass is 16.5. The predicted octanol–water partition coefficient (Wildman–Crippen LogP) is 1.67. The van der Waals surface area contributed by atoms with Gasteiger partial charge in [0.1, 0.15) is 6.61 Å². The lowest BCUT2D eigenvalue weighted by molar-refractivity contribution is 0.0754. The molecule has 2 heterocycles. The summed E-state index contributed by atoms with van der Waals surface area (Å²) < 4.78 is 16.0. The summed E-state index contributed by atoms with van der Waals surface area (Å²) in [6, 6.07) is 6.41. The van der Waals surface area contributed by atoms with Gasteiger partial charge in [-0.25, -0.2) is 0 Å². The van der Waals surface area contributed by atoms with Gasteiger partial charge in [-0.15, -0.1) is 0 Å². The largest absolute Gasteiger partial charge is 0.493 e. The number of amides is 1. The third kappa shape index (κ3) is 3.85. The maximum Gasteiger partial charge on any atom is 0.276 e. The monoisotopic (exact) mass is 360 g/mol. The number of carbonyl (C=O) groups excluding carboxylic acids is 2. The van der Waals surface area contributed by atoms with E-state index in [4.69, 9.17) is 14.0 Å². The van der Waals surface area contributed by atoms with Gasteiger partial charge in [-0.2, -0.15) is 0 Å². The molecule has 8 heteroatoms. The molecule has 1 N–H and O–H groups in total. The van der Waals surface area contributed by atoms with E-state index in [1.54, 1.807) is 18.2 Å². The van der Waals surface area contributed by atoms with E-state index in [-0.39, 0.29) is 24.0 Å². The van der Waals surface area contributed by atoms with Gasteiger partial charge in [0.25, 0.3) is 5.91 Å². The number of Topliss-reactive ketones (excluding diaryl/α,β-unsaturated/α-hetero) is 1. The molecule has 1 amide bonds. The standard InChI is InChI=1S/C18H20N2O6/c1-11(21)12-3-4-16(17(7-12)24-2)25-10-14-8-15(19-26-14)18(23)20-6-5-13(22)9-20/h3-4,7-8,13,22H,5-6,9-10H2,1-2H3. The summed E-state index contributed by atoms with van der Waals surface area (Å²) in [4.78, 5) is 25.2. The lowest BCUT2D eigenvalue weighted by Crippen LogP contribution is -2.29. The molecule has 0 spiro atoms. The molecule has 26 heavy (non-hydrogen) atoms. The quantitative estimate of drug-likeness (QED) is 0.782. The second-order valence-electron chi connectivity index (χ2n) is 6.08. The van der Waals surface area contributed by atoms with Crippen molar-refractivity contribution in [2.24, 2.45) is 0 Å². The maximum absolute atomic E-state index is 12.3. The number of methoxy groups -OCH3 is 1. The topological polar surface area (TPSA) is 102 Å². The Labute approximate surface area is 150 Å². The van der Waals surface area contributed by atoms with Gasteiger partial charge in [-0.05, 0) is 31.5 Å². The van der Waals surface area contributed by atoms with Gasteiger partial charge in [-0.1, -0.05) is 5.16 Å². The first-order valence-electron chi connectivity index (χ1n) is 8.22. The third-order valence-corrected chi connectivity index (χ3v) is 4.17. The smallest absolute Gasteiger partial charge is 0.276 e. The fourth-order valence-corrected chi connectivity index (χ4v) is 2.72. The number of likely N-dealkylation sites (tertiary alicyclic amines) is 1. The fraction of sp³-hybridized carbons (Fsp3) is 0.389. The number of aliphatic hydroxyl groups is 1. The summed E-state index contributed by atoms with van der Waals surface area (Å²) >= 11 is 0. The number of ketones is 1. The number of aromatic nitrogens is 1. The minimum absolute atomic E-state index is 0.0542. The van der Waals surface area contributed by atoms with E-state index in [0.717, 1.165) is 0 Å². The van der Waals surface area contributed by atoms with Crippen LogP contribution in [0.4, 0.5) is 0 Å². The van der Waals surface area contributed by atoms with Crippen molar-refractivity contribution in [3.8, 4) is 11.5 Å². The van der Waals surface area contributed by atoms with Crippen molar-refractivity contribution in [2.75, 3.05) is 20.2 Å². The van der Waals surface area contributed by atoms with Crippen LogP contribution in [0.25, 0.3) is 0 Å². The summed E-state index contributed by atoms with van der Waals surface area (Å²) in [6.07, 6.45) is 0.0781. The molecule has 1 saturated heterocycles. The van der Waals surface area contributed by atoms with Crippen LogP contribution in [-0.4, -0.2) is 53.2 Å². The molecule has 0 saturated carbocycles. The van der Waals surface area contributed by atoms with Gasteiger partial charge >= 0.3 is 0 Å². The Morgan fingerprint density at radius 1 is 1.35 bits per heavy atom. The molecule has 138 valence electrons. The summed E-state index contributed by atoms with van der Waals surface area (Å²) in [5.41, 5.74) is 0.700. The zero-order valence-corrected chi connectivity index (χ0v) is 14.6. The normalized spacial score (nSPS) is 16.6. The SMILES string of the molecule is COc1cc(C(C)=O)ccc1OCc1cc(C(=O)N2CCC(O)C2)no1. The van der Waals surface area contributed by atoms with E-state index in [1.807, 2.05) is 0 Å². The Kier molecular flexibility index (Phi) is 5.22. The zero-order chi connectivity index (χ0) is 18.7. The number of nitrogens with zero attached hydrogens (tertiary/aromatic N) is 2. The maximum atomic E-state index is 12.3. The van der Waals surface area contributed by atoms with Crippen LogP contribution in [-0.2, 0) is 6.61 Å². The fourth-order valence-electron chi connectivity index (χ4n) is 2.72. The molecule has 0 bridgehead atoms. The highest BCUT2D eigenvalue weighted by molar-refractivity contribution is 5.94. The number of benzene rings is 1. The molecule has 1 aliphatic heterocycles. The minimum Gasteiger partial charge on any atom is -0.493 e. The van der Waals surface area contributed by atoms with Gasteiger partial charge in [0.15, 0.2) is 28.7 Å². The van der Waals surface area contributed by atoms with Crippen molar-refractivity contribution in [3.05, 3.63) is 41.3 Å².